The number of aromatic nitrogens is 1. The number of thiazole rings is 1. The van der Waals surface area contributed by atoms with Gasteiger partial charge in [-0.2, -0.15) is 4.31 Å². The van der Waals surface area contributed by atoms with Gasteiger partial charge in [0.1, 0.15) is 18.1 Å². The maximum absolute atomic E-state index is 13.1. The van der Waals surface area contributed by atoms with E-state index in [1.807, 2.05) is 6.92 Å². The number of ether oxygens (including phenoxy) is 2. The predicted molar refractivity (Wildman–Crippen MR) is 106 cm³/mol. The minimum absolute atomic E-state index is 0.0411. The summed E-state index contributed by atoms with van der Waals surface area (Å²) in [5.74, 6) is 0.971. The van der Waals surface area contributed by atoms with Crippen LogP contribution in [-0.2, 0) is 10.0 Å². The van der Waals surface area contributed by atoms with Gasteiger partial charge in [0.05, 0.1) is 16.1 Å². The summed E-state index contributed by atoms with van der Waals surface area (Å²) >= 11 is 1.34. The molecule has 8 nitrogen and oxygen atoms in total. The van der Waals surface area contributed by atoms with Gasteiger partial charge in [0.2, 0.25) is 10.0 Å². The molecule has 1 amide bonds. The highest BCUT2D eigenvalue weighted by atomic mass is 32.2. The highest BCUT2D eigenvalue weighted by Crippen LogP contribution is 2.35. The van der Waals surface area contributed by atoms with Gasteiger partial charge >= 0.3 is 0 Å². The zero-order valence-corrected chi connectivity index (χ0v) is 17.4. The first kappa shape index (κ1) is 18.6. The van der Waals surface area contributed by atoms with Crippen LogP contribution < -0.4 is 9.47 Å². The molecule has 0 N–H and O–H groups in total. The fourth-order valence-corrected chi connectivity index (χ4v) is 6.06. The third-order valence-electron chi connectivity index (χ3n) is 5.38. The van der Waals surface area contributed by atoms with E-state index in [2.05, 4.69) is 4.98 Å². The van der Waals surface area contributed by atoms with Gasteiger partial charge in [0.25, 0.3) is 5.91 Å². The standard InChI is InChI=1S/C19H19N3O5S2/c1-12-18(28-11-20-12)19(23)21-7-13-9-22(10-14(13)8-21)29(24,25)15-2-3-16-17(6-15)27-5-4-26-16/h2-3,6,11H,4-5,7-10H2,1H3. The molecule has 0 bridgehead atoms. The molecule has 0 atom stereocenters. The number of nitrogens with zero attached hydrogens (tertiary/aromatic N) is 3. The summed E-state index contributed by atoms with van der Waals surface area (Å²) in [6, 6.07) is 4.71. The number of benzene rings is 1. The van der Waals surface area contributed by atoms with Crippen LogP contribution in [0.3, 0.4) is 0 Å². The van der Waals surface area contributed by atoms with Gasteiger partial charge in [-0.25, -0.2) is 13.4 Å². The molecular weight excluding hydrogens is 414 g/mol. The lowest BCUT2D eigenvalue weighted by Gasteiger charge is -2.23. The van der Waals surface area contributed by atoms with Crippen molar-refractivity contribution in [1.29, 1.82) is 0 Å². The van der Waals surface area contributed by atoms with E-state index < -0.39 is 10.0 Å². The Morgan fingerprint density at radius 2 is 1.76 bits per heavy atom. The number of rotatable bonds is 3. The number of hydrogen-bond donors (Lipinski definition) is 0. The highest BCUT2D eigenvalue weighted by Gasteiger charge is 2.38. The molecule has 29 heavy (non-hydrogen) atoms. The Kier molecular flexibility index (Phi) is 4.37. The number of aryl methyl sites for hydroxylation is 1. The number of amides is 1. The van der Waals surface area contributed by atoms with E-state index in [4.69, 9.17) is 9.47 Å². The molecule has 0 fully saturated rings. The first-order chi connectivity index (χ1) is 13.9. The molecule has 0 radical (unpaired) electrons. The average Bonchev–Trinajstić information content (AvgIpc) is 3.41. The number of sulfonamides is 1. The normalized spacial score (nSPS) is 19.0. The van der Waals surface area contributed by atoms with Gasteiger partial charge in [-0.3, -0.25) is 4.79 Å². The van der Waals surface area contributed by atoms with Crippen LogP contribution in [-0.4, -0.2) is 67.9 Å². The van der Waals surface area contributed by atoms with Gasteiger partial charge in [-0.05, 0) is 30.2 Å². The highest BCUT2D eigenvalue weighted by molar-refractivity contribution is 7.89. The summed E-state index contributed by atoms with van der Waals surface area (Å²) in [5, 5.41) is 0. The fourth-order valence-electron chi connectivity index (χ4n) is 3.84. The second kappa shape index (κ2) is 6.82. The Bertz CT molecular complexity index is 1120. The van der Waals surface area contributed by atoms with E-state index in [0.717, 1.165) is 16.8 Å². The lowest BCUT2D eigenvalue weighted by atomic mass is 10.2. The fraction of sp³-hybridized carbons (Fsp3) is 0.368. The Morgan fingerprint density at radius 3 is 2.41 bits per heavy atom. The van der Waals surface area contributed by atoms with Gasteiger partial charge in [0.15, 0.2) is 11.5 Å². The SMILES string of the molecule is Cc1ncsc1C(=O)N1CC2=C(C1)CN(S(=O)(=O)c1ccc3c(c1)OCCO3)C2. The molecule has 2 aromatic rings. The van der Waals surface area contributed by atoms with E-state index >= 15 is 0 Å². The zero-order chi connectivity index (χ0) is 20.2. The van der Waals surface area contributed by atoms with Crippen molar-refractivity contribution in [3.8, 4) is 11.5 Å². The maximum atomic E-state index is 13.1. The summed E-state index contributed by atoms with van der Waals surface area (Å²) in [4.78, 5) is 19.4. The molecule has 1 aromatic heterocycles. The number of fused-ring (bicyclic) bond motifs is 1. The van der Waals surface area contributed by atoms with Crippen LogP contribution in [0.5, 0.6) is 11.5 Å². The smallest absolute Gasteiger partial charge is 0.266 e. The summed E-state index contributed by atoms with van der Waals surface area (Å²) < 4.78 is 38.7. The third-order valence-corrected chi connectivity index (χ3v) is 8.08. The molecule has 10 heteroatoms. The summed E-state index contributed by atoms with van der Waals surface area (Å²) in [5.41, 5.74) is 4.40. The van der Waals surface area contributed by atoms with Crippen molar-refractivity contribution < 1.29 is 22.7 Å². The zero-order valence-electron chi connectivity index (χ0n) is 15.8. The second-order valence-corrected chi connectivity index (χ2v) is 10.0. The summed E-state index contributed by atoms with van der Waals surface area (Å²) in [7, 11) is -3.66. The van der Waals surface area contributed by atoms with Crippen LogP contribution in [0, 0.1) is 6.92 Å². The van der Waals surface area contributed by atoms with Crippen molar-refractivity contribution >= 4 is 27.3 Å². The van der Waals surface area contributed by atoms with Gasteiger partial charge in [0, 0.05) is 32.2 Å². The predicted octanol–water partition coefficient (Wildman–Crippen LogP) is 1.68. The van der Waals surface area contributed by atoms with Crippen LogP contribution in [0.1, 0.15) is 15.4 Å². The molecule has 3 aliphatic rings. The van der Waals surface area contributed by atoms with Crippen LogP contribution in [0.25, 0.3) is 0 Å². The topological polar surface area (TPSA) is 89.0 Å². The van der Waals surface area contributed by atoms with E-state index in [-0.39, 0.29) is 10.8 Å². The largest absolute Gasteiger partial charge is 0.486 e. The quantitative estimate of drug-likeness (QED) is 0.685. The van der Waals surface area contributed by atoms with Gasteiger partial charge < -0.3 is 14.4 Å². The number of hydrogen-bond acceptors (Lipinski definition) is 7. The summed E-state index contributed by atoms with van der Waals surface area (Å²) in [6.45, 7) is 4.20. The van der Waals surface area contributed by atoms with E-state index in [1.54, 1.807) is 22.5 Å². The van der Waals surface area contributed by atoms with Crippen molar-refractivity contribution in [3.05, 3.63) is 45.4 Å². The lowest BCUT2D eigenvalue weighted by Crippen LogP contribution is -2.36. The van der Waals surface area contributed by atoms with Crippen molar-refractivity contribution in [2.75, 3.05) is 39.4 Å². The minimum atomic E-state index is -3.66. The third kappa shape index (κ3) is 3.11. The maximum Gasteiger partial charge on any atom is 0.266 e. The average molecular weight is 434 g/mol. The van der Waals surface area contributed by atoms with Crippen molar-refractivity contribution in [2.45, 2.75) is 11.8 Å². The van der Waals surface area contributed by atoms with Gasteiger partial charge in [-0.15, -0.1) is 11.3 Å². The molecule has 152 valence electrons. The van der Waals surface area contributed by atoms with Crippen LogP contribution in [0.4, 0.5) is 0 Å². The molecule has 5 rings (SSSR count). The van der Waals surface area contributed by atoms with Crippen molar-refractivity contribution in [1.82, 2.24) is 14.2 Å². The van der Waals surface area contributed by atoms with Gasteiger partial charge in [-0.1, -0.05) is 0 Å². The Balaban J connectivity index is 1.30. The Morgan fingerprint density at radius 1 is 1.07 bits per heavy atom. The van der Waals surface area contributed by atoms with E-state index in [0.29, 0.717) is 55.8 Å². The molecule has 0 aliphatic carbocycles. The Labute approximate surface area is 172 Å². The number of carbonyl (C=O) groups excluding carboxylic acids is 1. The minimum Gasteiger partial charge on any atom is -0.486 e. The first-order valence-electron chi connectivity index (χ1n) is 9.22. The molecule has 3 aliphatic heterocycles. The van der Waals surface area contributed by atoms with Crippen LogP contribution >= 0.6 is 11.3 Å². The molecule has 0 unspecified atom stereocenters. The molecule has 0 spiro atoms. The molecule has 0 saturated carbocycles. The lowest BCUT2D eigenvalue weighted by molar-refractivity contribution is 0.0796. The van der Waals surface area contributed by atoms with E-state index in [9.17, 15) is 13.2 Å². The molecule has 0 saturated heterocycles. The van der Waals surface area contributed by atoms with E-state index in [1.165, 1.54) is 21.7 Å². The van der Waals surface area contributed by atoms with Crippen LogP contribution in [0.15, 0.2) is 39.8 Å². The summed E-state index contributed by atoms with van der Waals surface area (Å²) in [6.07, 6.45) is 0. The Hall–Kier alpha value is -2.43. The first-order valence-corrected chi connectivity index (χ1v) is 11.5. The van der Waals surface area contributed by atoms with Crippen molar-refractivity contribution in [3.63, 3.8) is 0 Å². The number of carbonyl (C=O) groups is 1. The second-order valence-electron chi connectivity index (χ2n) is 7.21. The van der Waals surface area contributed by atoms with Crippen LogP contribution in [0.2, 0.25) is 0 Å². The molecule has 1 aromatic carbocycles. The monoisotopic (exact) mass is 433 g/mol. The molecule has 4 heterocycles. The van der Waals surface area contributed by atoms with Crippen molar-refractivity contribution in [2.24, 2.45) is 0 Å². The molecular formula is C19H19N3O5S2.